The molecule has 2 fully saturated rings. The van der Waals surface area contributed by atoms with E-state index in [2.05, 4.69) is 26.2 Å². The molecule has 1 saturated carbocycles. The van der Waals surface area contributed by atoms with Crippen LogP contribution >= 0.6 is 15.9 Å². The van der Waals surface area contributed by atoms with E-state index in [1.54, 1.807) is 4.90 Å². The fourth-order valence-electron chi connectivity index (χ4n) is 4.28. The van der Waals surface area contributed by atoms with Crippen LogP contribution in [0.1, 0.15) is 40.4 Å². The smallest absolute Gasteiger partial charge is 0.410 e. The molecule has 7 nitrogen and oxygen atoms in total. The van der Waals surface area contributed by atoms with Gasteiger partial charge in [-0.15, -0.1) is 0 Å². The molecule has 3 atom stereocenters. The summed E-state index contributed by atoms with van der Waals surface area (Å²) in [5.41, 5.74) is -0.178. The first-order chi connectivity index (χ1) is 13.5. The molecule has 2 amide bonds. The van der Waals surface area contributed by atoms with Gasteiger partial charge in [-0.05, 0) is 74.5 Å². The van der Waals surface area contributed by atoms with E-state index in [0.29, 0.717) is 13.1 Å². The first-order valence-electron chi connectivity index (χ1n) is 9.91. The van der Waals surface area contributed by atoms with Gasteiger partial charge in [0.15, 0.2) is 0 Å². The molecule has 0 aromatic carbocycles. The van der Waals surface area contributed by atoms with Gasteiger partial charge in [0.2, 0.25) is 5.91 Å². The summed E-state index contributed by atoms with van der Waals surface area (Å²) >= 11 is 3.50. The predicted molar refractivity (Wildman–Crippen MR) is 112 cm³/mol. The van der Waals surface area contributed by atoms with Gasteiger partial charge in [-0.2, -0.15) is 0 Å². The molecule has 1 N–H and O–H groups in total. The lowest BCUT2D eigenvalue weighted by atomic mass is 10.0. The van der Waals surface area contributed by atoms with E-state index >= 15 is 0 Å². The average molecular weight is 463 g/mol. The number of amides is 2. The number of aromatic nitrogens is 2. The Labute approximate surface area is 178 Å². The van der Waals surface area contributed by atoms with Gasteiger partial charge in [0.25, 0.3) is 0 Å². The third kappa shape index (κ3) is 3.74. The van der Waals surface area contributed by atoms with E-state index in [-0.39, 0.29) is 29.8 Å². The van der Waals surface area contributed by atoms with Crippen LogP contribution in [0.15, 0.2) is 29.0 Å². The van der Waals surface area contributed by atoms with Gasteiger partial charge in [0.05, 0.1) is 11.1 Å². The van der Waals surface area contributed by atoms with Crippen molar-refractivity contribution in [1.82, 2.24) is 19.6 Å². The summed E-state index contributed by atoms with van der Waals surface area (Å²) in [6.45, 7) is 10.7. The van der Waals surface area contributed by atoms with Gasteiger partial charge < -0.3 is 19.4 Å². The molecule has 0 bridgehead atoms. The number of nitrogens with one attached hydrogen (secondary N) is 1. The SMILES string of the molecule is CC(C)(C)OC(=O)N1C[C@@H]2[C@H](C1)[C@H]2C(=O)NC(C)(C)c1nc(Br)c2ccccn12. The number of fused-ring (bicyclic) bond motifs is 2. The second-order valence-corrected chi connectivity index (χ2v) is 10.3. The predicted octanol–water partition coefficient (Wildman–Crippen LogP) is 3.56. The van der Waals surface area contributed by atoms with Crippen molar-refractivity contribution in [2.24, 2.45) is 17.8 Å². The van der Waals surface area contributed by atoms with Crippen molar-refractivity contribution in [3.05, 3.63) is 34.8 Å². The maximum atomic E-state index is 13.0. The molecule has 29 heavy (non-hydrogen) atoms. The van der Waals surface area contributed by atoms with Crippen LogP contribution in [0.4, 0.5) is 4.79 Å². The topological polar surface area (TPSA) is 75.9 Å². The summed E-state index contributed by atoms with van der Waals surface area (Å²) in [6.07, 6.45) is 1.65. The minimum atomic E-state index is -0.630. The van der Waals surface area contributed by atoms with E-state index in [4.69, 9.17) is 4.74 Å². The normalized spacial score (nSPS) is 23.8. The molecule has 0 spiro atoms. The molecule has 8 heteroatoms. The number of carbonyl (C=O) groups excluding carboxylic acids is 2. The maximum Gasteiger partial charge on any atom is 0.410 e. The monoisotopic (exact) mass is 462 g/mol. The Balaban J connectivity index is 1.41. The molecule has 2 aromatic rings. The Bertz CT molecular complexity index is 966. The number of halogens is 1. The quantitative estimate of drug-likeness (QED) is 0.756. The van der Waals surface area contributed by atoms with Crippen LogP contribution in [0.25, 0.3) is 5.52 Å². The highest BCUT2D eigenvalue weighted by Crippen LogP contribution is 2.52. The fraction of sp³-hybridized carbons (Fsp3) is 0.571. The number of rotatable bonds is 3. The molecule has 0 radical (unpaired) electrons. The molecule has 1 saturated heterocycles. The van der Waals surface area contributed by atoms with E-state index < -0.39 is 11.1 Å². The fourth-order valence-corrected chi connectivity index (χ4v) is 4.77. The lowest BCUT2D eigenvalue weighted by Crippen LogP contribution is -2.45. The van der Waals surface area contributed by atoms with Crippen molar-refractivity contribution in [3.63, 3.8) is 0 Å². The number of ether oxygens (including phenoxy) is 1. The average Bonchev–Trinajstić information content (AvgIpc) is 2.95. The third-order valence-electron chi connectivity index (χ3n) is 5.65. The molecule has 2 aromatic heterocycles. The number of nitrogens with zero attached hydrogens (tertiary/aromatic N) is 3. The Hall–Kier alpha value is -2.09. The number of likely N-dealkylation sites (tertiary alicyclic amines) is 1. The Kier molecular flexibility index (Phi) is 4.68. The van der Waals surface area contributed by atoms with E-state index in [9.17, 15) is 9.59 Å². The number of imidazole rings is 1. The van der Waals surface area contributed by atoms with Crippen LogP contribution in [0.5, 0.6) is 0 Å². The van der Waals surface area contributed by atoms with Crippen molar-refractivity contribution in [3.8, 4) is 0 Å². The standard InChI is InChI=1S/C21H27BrN4O3/c1-20(2,3)29-19(28)25-10-12-13(11-25)15(12)17(27)24-21(4,5)18-23-16(22)14-8-6-7-9-26(14)18/h6-9,12-13,15H,10-11H2,1-5H3,(H,24,27)/t12-,13+,15+. The summed E-state index contributed by atoms with van der Waals surface area (Å²) in [5.74, 6) is 1.17. The highest BCUT2D eigenvalue weighted by molar-refractivity contribution is 9.10. The van der Waals surface area contributed by atoms with E-state index in [1.165, 1.54) is 0 Å². The van der Waals surface area contributed by atoms with Crippen LogP contribution in [0, 0.1) is 17.8 Å². The summed E-state index contributed by atoms with van der Waals surface area (Å²) in [5, 5.41) is 3.17. The van der Waals surface area contributed by atoms with E-state index in [1.807, 2.05) is 63.4 Å². The summed E-state index contributed by atoms with van der Waals surface area (Å²) in [7, 11) is 0. The summed E-state index contributed by atoms with van der Waals surface area (Å²) < 4.78 is 8.18. The zero-order valence-electron chi connectivity index (χ0n) is 17.4. The zero-order chi connectivity index (χ0) is 21.1. The summed E-state index contributed by atoms with van der Waals surface area (Å²) in [4.78, 5) is 31.5. The Morgan fingerprint density at radius 3 is 2.45 bits per heavy atom. The van der Waals surface area contributed by atoms with Gasteiger partial charge in [-0.1, -0.05) is 6.07 Å². The molecule has 4 rings (SSSR count). The number of hydrogen-bond donors (Lipinski definition) is 1. The summed E-state index contributed by atoms with van der Waals surface area (Å²) in [6, 6.07) is 5.88. The van der Waals surface area contributed by atoms with Gasteiger partial charge in [0.1, 0.15) is 16.0 Å². The maximum absolute atomic E-state index is 13.0. The Morgan fingerprint density at radius 2 is 1.83 bits per heavy atom. The Morgan fingerprint density at radius 1 is 1.17 bits per heavy atom. The number of piperidine rings is 1. The van der Waals surface area contributed by atoms with Gasteiger partial charge in [0, 0.05) is 25.2 Å². The second kappa shape index (κ2) is 6.72. The van der Waals surface area contributed by atoms with Crippen LogP contribution < -0.4 is 5.32 Å². The largest absolute Gasteiger partial charge is 0.444 e. The van der Waals surface area contributed by atoms with Crippen LogP contribution in [0.3, 0.4) is 0 Å². The van der Waals surface area contributed by atoms with Gasteiger partial charge >= 0.3 is 6.09 Å². The van der Waals surface area contributed by atoms with Crippen LogP contribution in [0.2, 0.25) is 0 Å². The number of pyridine rings is 1. The van der Waals surface area contributed by atoms with Crippen molar-refractivity contribution in [2.45, 2.75) is 45.8 Å². The van der Waals surface area contributed by atoms with Crippen molar-refractivity contribution in [2.75, 3.05) is 13.1 Å². The molecule has 2 aliphatic rings. The van der Waals surface area contributed by atoms with Crippen molar-refractivity contribution < 1.29 is 14.3 Å². The van der Waals surface area contributed by atoms with Crippen molar-refractivity contribution >= 4 is 33.4 Å². The van der Waals surface area contributed by atoms with Crippen molar-refractivity contribution in [1.29, 1.82) is 0 Å². The molecule has 3 heterocycles. The molecular formula is C21H27BrN4O3. The molecule has 1 aliphatic heterocycles. The highest BCUT2D eigenvalue weighted by Gasteiger charge is 2.61. The molecular weight excluding hydrogens is 436 g/mol. The number of hydrogen-bond acceptors (Lipinski definition) is 4. The van der Waals surface area contributed by atoms with Gasteiger partial charge in [-0.3, -0.25) is 4.79 Å². The van der Waals surface area contributed by atoms with Crippen LogP contribution in [-0.4, -0.2) is 45.0 Å². The van der Waals surface area contributed by atoms with Crippen LogP contribution in [-0.2, 0) is 15.1 Å². The zero-order valence-corrected chi connectivity index (χ0v) is 19.0. The minimum absolute atomic E-state index is 0.0256. The second-order valence-electron chi connectivity index (χ2n) is 9.54. The third-order valence-corrected chi connectivity index (χ3v) is 6.23. The molecule has 156 valence electrons. The first kappa shape index (κ1) is 20.2. The van der Waals surface area contributed by atoms with E-state index in [0.717, 1.165) is 15.9 Å². The molecule has 1 aliphatic carbocycles. The molecule has 0 unspecified atom stereocenters. The minimum Gasteiger partial charge on any atom is -0.444 e. The highest BCUT2D eigenvalue weighted by atomic mass is 79.9. The number of carbonyl (C=O) groups is 2. The lowest BCUT2D eigenvalue weighted by Gasteiger charge is -2.27. The first-order valence-corrected chi connectivity index (χ1v) is 10.7. The lowest BCUT2D eigenvalue weighted by molar-refractivity contribution is -0.125. The van der Waals surface area contributed by atoms with Gasteiger partial charge in [-0.25, -0.2) is 9.78 Å².